The number of methoxy groups -OCH3 is 1. The van der Waals surface area contributed by atoms with E-state index in [1.165, 1.54) is 4.31 Å². The third-order valence-electron chi connectivity index (χ3n) is 5.08. The molecule has 1 aliphatic heterocycles. The van der Waals surface area contributed by atoms with Crippen LogP contribution in [0.2, 0.25) is 0 Å². The molecule has 2 aromatic rings. The largest absolute Gasteiger partial charge is 0.496 e. The number of nitrogens with one attached hydrogen (secondary N) is 1. The third kappa shape index (κ3) is 5.16. The molecule has 7 heteroatoms. The maximum absolute atomic E-state index is 12.8. The molecule has 0 radical (unpaired) electrons. The molecule has 0 aliphatic carbocycles. The lowest BCUT2D eigenvalue weighted by atomic mass is 10.1. The summed E-state index contributed by atoms with van der Waals surface area (Å²) in [5.74, 6) is 0.467. The molecule has 0 atom stereocenters. The van der Waals surface area contributed by atoms with Gasteiger partial charge in [0.1, 0.15) is 5.75 Å². The number of sulfonamides is 1. The lowest BCUT2D eigenvalue weighted by Gasteiger charge is -2.17. The van der Waals surface area contributed by atoms with Gasteiger partial charge in [0.2, 0.25) is 15.9 Å². The Bertz CT molecular complexity index is 976. The van der Waals surface area contributed by atoms with Crippen LogP contribution < -0.4 is 10.1 Å². The van der Waals surface area contributed by atoms with Crippen LogP contribution in [0.4, 0.5) is 5.69 Å². The van der Waals surface area contributed by atoms with E-state index in [-0.39, 0.29) is 17.2 Å². The second kappa shape index (κ2) is 8.97. The summed E-state index contributed by atoms with van der Waals surface area (Å²) < 4.78 is 32.6. The Balaban J connectivity index is 1.73. The molecule has 1 fully saturated rings. The van der Waals surface area contributed by atoms with Crippen molar-refractivity contribution in [2.75, 3.05) is 25.5 Å². The first-order valence-corrected chi connectivity index (χ1v) is 11.3. The van der Waals surface area contributed by atoms with E-state index < -0.39 is 10.0 Å². The maximum Gasteiger partial charge on any atom is 0.243 e. The first-order chi connectivity index (χ1) is 13.8. The minimum atomic E-state index is -3.51. The van der Waals surface area contributed by atoms with Crippen LogP contribution in [0.5, 0.6) is 5.75 Å². The highest BCUT2D eigenvalue weighted by molar-refractivity contribution is 7.89. The predicted molar refractivity (Wildman–Crippen MR) is 114 cm³/mol. The molecule has 0 spiro atoms. The molecule has 0 saturated carbocycles. The average molecular weight is 417 g/mol. The molecule has 6 nitrogen and oxygen atoms in total. The number of benzene rings is 2. The van der Waals surface area contributed by atoms with Crippen LogP contribution in [0.15, 0.2) is 41.3 Å². The smallest absolute Gasteiger partial charge is 0.243 e. The van der Waals surface area contributed by atoms with Gasteiger partial charge in [-0.1, -0.05) is 6.07 Å². The summed E-state index contributed by atoms with van der Waals surface area (Å²) in [5.41, 5.74) is 3.65. The zero-order valence-corrected chi connectivity index (χ0v) is 18.0. The Morgan fingerprint density at radius 2 is 1.72 bits per heavy atom. The summed E-state index contributed by atoms with van der Waals surface area (Å²) in [6.45, 7) is 5.09. The summed E-state index contributed by atoms with van der Waals surface area (Å²) in [6.07, 6.45) is 2.40. The van der Waals surface area contributed by atoms with Gasteiger partial charge in [-0.3, -0.25) is 4.79 Å². The molecule has 3 rings (SSSR count). The number of hydrogen-bond acceptors (Lipinski definition) is 4. The minimum Gasteiger partial charge on any atom is -0.496 e. The Morgan fingerprint density at radius 3 is 2.34 bits per heavy atom. The minimum absolute atomic E-state index is 0.121. The lowest BCUT2D eigenvalue weighted by Crippen LogP contribution is -2.28. The Morgan fingerprint density at radius 1 is 1.07 bits per heavy atom. The van der Waals surface area contributed by atoms with Crippen molar-refractivity contribution in [3.8, 4) is 5.75 Å². The average Bonchev–Trinajstić information content (AvgIpc) is 3.21. The van der Waals surface area contributed by atoms with Crippen molar-refractivity contribution in [2.45, 2.75) is 44.4 Å². The van der Waals surface area contributed by atoms with Crippen molar-refractivity contribution < 1.29 is 17.9 Å². The van der Waals surface area contributed by atoms with Gasteiger partial charge in [-0.05, 0) is 80.1 Å². The van der Waals surface area contributed by atoms with Crippen molar-refractivity contribution in [3.63, 3.8) is 0 Å². The fraction of sp³-hybridized carbons (Fsp3) is 0.409. The van der Waals surface area contributed by atoms with Gasteiger partial charge in [0.15, 0.2) is 0 Å². The van der Waals surface area contributed by atoms with E-state index >= 15 is 0 Å². The van der Waals surface area contributed by atoms with Crippen molar-refractivity contribution in [3.05, 3.63) is 53.1 Å². The number of anilines is 1. The Kier molecular flexibility index (Phi) is 6.59. The molecule has 0 unspecified atom stereocenters. The summed E-state index contributed by atoms with van der Waals surface area (Å²) in [4.78, 5) is 12.7. The van der Waals surface area contributed by atoms with Crippen LogP contribution >= 0.6 is 0 Å². The SMILES string of the molecule is COc1ccc(S(=O)(=O)N2CCCC2)cc1CCC(=O)Nc1cc(C)cc(C)c1. The highest BCUT2D eigenvalue weighted by Crippen LogP contribution is 2.27. The lowest BCUT2D eigenvalue weighted by molar-refractivity contribution is -0.116. The van der Waals surface area contributed by atoms with Crippen LogP contribution in [-0.2, 0) is 21.2 Å². The van der Waals surface area contributed by atoms with E-state index in [4.69, 9.17) is 4.74 Å². The maximum atomic E-state index is 12.8. The molecule has 0 aromatic heterocycles. The fourth-order valence-electron chi connectivity index (χ4n) is 3.71. The van der Waals surface area contributed by atoms with Gasteiger partial charge < -0.3 is 10.1 Å². The highest BCUT2D eigenvalue weighted by atomic mass is 32.2. The number of hydrogen-bond donors (Lipinski definition) is 1. The quantitative estimate of drug-likeness (QED) is 0.747. The van der Waals surface area contributed by atoms with E-state index in [0.717, 1.165) is 29.7 Å². The van der Waals surface area contributed by atoms with Gasteiger partial charge in [-0.15, -0.1) is 0 Å². The molecule has 0 bridgehead atoms. The van der Waals surface area contributed by atoms with Gasteiger partial charge in [-0.2, -0.15) is 4.31 Å². The molecule has 156 valence electrons. The molecule has 2 aromatic carbocycles. The molecule has 1 amide bonds. The van der Waals surface area contributed by atoms with E-state index in [1.807, 2.05) is 32.0 Å². The van der Waals surface area contributed by atoms with Crippen LogP contribution in [0.1, 0.15) is 36.0 Å². The van der Waals surface area contributed by atoms with Crippen molar-refractivity contribution >= 4 is 21.6 Å². The van der Waals surface area contributed by atoms with Gasteiger partial charge >= 0.3 is 0 Å². The monoisotopic (exact) mass is 416 g/mol. The van der Waals surface area contributed by atoms with Gasteiger partial charge in [0, 0.05) is 25.2 Å². The summed E-state index contributed by atoms with van der Waals surface area (Å²) in [6, 6.07) is 10.8. The van der Waals surface area contributed by atoms with E-state index in [2.05, 4.69) is 5.32 Å². The second-order valence-electron chi connectivity index (χ2n) is 7.51. The van der Waals surface area contributed by atoms with Crippen LogP contribution in [0.3, 0.4) is 0 Å². The first-order valence-electron chi connectivity index (χ1n) is 9.85. The molecular formula is C22H28N2O4S. The second-order valence-corrected chi connectivity index (χ2v) is 9.45. The van der Waals surface area contributed by atoms with E-state index in [0.29, 0.717) is 30.8 Å². The van der Waals surface area contributed by atoms with Crippen molar-refractivity contribution in [1.82, 2.24) is 4.31 Å². The van der Waals surface area contributed by atoms with Crippen LogP contribution in [0, 0.1) is 13.8 Å². The normalized spacial score (nSPS) is 14.7. The zero-order chi connectivity index (χ0) is 21.0. The molecule has 1 aliphatic rings. The van der Waals surface area contributed by atoms with Gasteiger partial charge in [-0.25, -0.2) is 8.42 Å². The molecule has 1 saturated heterocycles. The number of aryl methyl sites for hydroxylation is 3. The number of ether oxygens (including phenoxy) is 1. The summed E-state index contributed by atoms with van der Waals surface area (Å²) in [7, 11) is -1.96. The highest BCUT2D eigenvalue weighted by Gasteiger charge is 2.27. The standard InChI is InChI=1S/C22H28N2O4S/c1-16-12-17(2)14-19(13-16)23-22(25)9-6-18-15-20(7-8-21(18)28-3)29(26,27)24-10-4-5-11-24/h7-8,12-15H,4-6,9-11H2,1-3H3,(H,23,25). The number of carbonyl (C=O) groups excluding carboxylic acids is 1. The topological polar surface area (TPSA) is 75.7 Å². The molecule has 1 heterocycles. The Hall–Kier alpha value is -2.38. The first kappa shape index (κ1) is 21.3. The number of nitrogens with zero attached hydrogens (tertiary/aromatic N) is 1. The molecule has 29 heavy (non-hydrogen) atoms. The summed E-state index contributed by atoms with van der Waals surface area (Å²) >= 11 is 0. The van der Waals surface area contributed by atoms with Gasteiger partial charge in [0.05, 0.1) is 12.0 Å². The number of amides is 1. The number of carbonyl (C=O) groups is 1. The molecular weight excluding hydrogens is 388 g/mol. The zero-order valence-electron chi connectivity index (χ0n) is 17.2. The third-order valence-corrected chi connectivity index (χ3v) is 6.98. The van der Waals surface area contributed by atoms with Crippen LogP contribution in [-0.4, -0.2) is 38.8 Å². The number of rotatable bonds is 7. The van der Waals surface area contributed by atoms with Crippen molar-refractivity contribution in [2.24, 2.45) is 0 Å². The van der Waals surface area contributed by atoms with Gasteiger partial charge in [0.25, 0.3) is 0 Å². The van der Waals surface area contributed by atoms with Crippen LogP contribution in [0.25, 0.3) is 0 Å². The summed E-state index contributed by atoms with van der Waals surface area (Å²) in [5, 5.41) is 2.91. The predicted octanol–water partition coefficient (Wildman–Crippen LogP) is 3.67. The van der Waals surface area contributed by atoms with E-state index in [1.54, 1.807) is 25.3 Å². The Labute approximate surface area is 172 Å². The fourth-order valence-corrected chi connectivity index (χ4v) is 5.28. The molecule has 1 N–H and O–H groups in total. The van der Waals surface area contributed by atoms with Crippen molar-refractivity contribution in [1.29, 1.82) is 0 Å². The van der Waals surface area contributed by atoms with E-state index in [9.17, 15) is 13.2 Å².